The zero-order chi connectivity index (χ0) is 20.7. The quantitative estimate of drug-likeness (QED) is 0.731. The summed E-state index contributed by atoms with van der Waals surface area (Å²) < 4.78 is 5.28. The molecule has 148 valence electrons. The van der Waals surface area contributed by atoms with Crippen molar-refractivity contribution in [2.45, 2.75) is 39.3 Å². The summed E-state index contributed by atoms with van der Waals surface area (Å²) in [6.07, 6.45) is -0.691. The van der Waals surface area contributed by atoms with Gasteiger partial charge in [-0.3, -0.25) is 9.59 Å². The van der Waals surface area contributed by atoms with Gasteiger partial charge in [0.15, 0.2) is 0 Å². The fourth-order valence-corrected chi connectivity index (χ4v) is 2.46. The van der Waals surface area contributed by atoms with Gasteiger partial charge in [0, 0.05) is 18.3 Å². The maximum atomic E-state index is 12.9. The number of carbonyl (C=O) groups is 3. The number of amides is 3. The Hall–Kier alpha value is -3.35. The first-order valence-corrected chi connectivity index (χ1v) is 8.87. The van der Waals surface area contributed by atoms with E-state index in [4.69, 9.17) is 4.74 Å². The van der Waals surface area contributed by atoms with Gasteiger partial charge in [0.1, 0.15) is 11.6 Å². The summed E-state index contributed by atoms with van der Waals surface area (Å²) in [7, 11) is 0. The lowest BCUT2D eigenvalue weighted by atomic mass is 10.1. The average Bonchev–Trinajstić information content (AvgIpc) is 2.58. The molecule has 0 heterocycles. The highest BCUT2D eigenvalue weighted by molar-refractivity contribution is 5.98. The lowest BCUT2D eigenvalue weighted by Crippen LogP contribution is -2.40. The molecule has 3 N–H and O–H groups in total. The van der Waals surface area contributed by atoms with Crippen LogP contribution >= 0.6 is 0 Å². The van der Waals surface area contributed by atoms with Crippen LogP contribution in [0.5, 0.6) is 0 Å². The molecular formula is C21H25N3O4. The van der Waals surface area contributed by atoms with Crippen LogP contribution in [-0.2, 0) is 14.3 Å². The van der Waals surface area contributed by atoms with Gasteiger partial charge in [-0.1, -0.05) is 36.4 Å². The molecule has 28 heavy (non-hydrogen) atoms. The van der Waals surface area contributed by atoms with E-state index in [-0.39, 0.29) is 5.91 Å². The normalized spacial score (nSPS) is 11.9. The van der Waals surface area contributed by atoms with Crippen molar-refractivity contribution in [3.63, 3.8) is 0 Å². The maximum Gasteiger partial charge on any atom is 0.408 e. The first-order valence-electron chi connectivity index (χ1n) is 8.87. The Morgan fingerprint density at radius 2 is 1.50 bits per heavy atom. The molecule has 7 heteroatoms. The number of ether oxygens (including phenoxy) is 1. The summed E-state index contributed by atoms with van der Waals surface area (Å²) in [6.45, 7) is 6.65. The average molecular weight is 383 g/mol. The number of carbonyl (C=O) groups excluding carboxylic acids is 3. The fourth-order valence-electron chi connectivity index (χ4n) is 2.46. The monoisotopic (exact) mass is 383 g/mol. The number of hydrogen-bond acceptors (Lipinski definition) is 4. The molecule has 0 aliphatic rings. The van der Waals surface area contributed by atoms with Gasteiger partial charge in [0.2, 0.25) is 5.91 Å². The summed E-state index contributed by atoms with van der Waals surface area (Å²) in [5.41, 5.74) is 0.975. The third-order valence-corrected chi connectivity index (χ3v) is 3.51. The molecule has 1 atom stereocenters. The van der Waals surface area contributed by atoms with E-state index in [1.807, 2.05) is 6.07 Å². The van der Waals surface area contributed by atoms with E-state index in [1.54, 1.807) is 69.3 Å². The molecule has 3 amide bonds. The topological polar surface area (TPSA) is 96.5 Å². The molecule has 7 nitrogen and oxygen atoms in total. The van der Waals surface area contributed by atoms with Crippen molar-refractivity contribution >= 4 is 29.3 Å². The number of benzene rings is 2. The van der Waals surface area contributed by atoms with E-state index in [2.05, 4.69) is 16.0 Å². The second-order valence-corrected chi connectivity index (χ2v) is 7.24. The molecule has 2 aromatic rings. The van der Waals surface area contributed by atoms with Crippen LogP contribution in [-0.4, -0.2) is 23.5 Å². The summed E-state index contributed by atoms with van der Waals surface area (Å²) in [6, 6.07) is 14.7. The van der Waals surface area contributed by atoms with Gasteiger partial charge in [-0.05, 0) is 44.5 Å². The molecule has 0 aliphatic heterocycles. The largest absolute Gasteiger partial charge is 0.444 e. The van der Waals surface area contributed by atoms with Crippen LogP contribution in [0.25, 0.3) is 0 Å². The number of rotatable bonds is 5. The Kier molecular flexibility index (Phi) is 6.76. The fraction of sp³-hybridized carbons (Fsp3) is 0.286. The third kappa shape index (κ3) is 6.75. The van der Waals surface area contributed by atoms with Crippen LogP contribution in [0.15, 0.2) is 54.6 Å². The summed E-state index contributed by atoms with van der Waals surface area (Å²) in [4.78, 5) is 36.3. The lowest BCUT2D eigenvalue weighted by Gasteiger charge is -2.23. The lowest BCUT2D eigenvalue weighted by molar-refractivity contribution is -0.118. The molecule has 0 radical (unpaired) electrons. The highest BCUT2D eigenvalue weighted by Gasteiger charge is 2.26. The van der Waals surface area contributed by atoms with Crippen LogP contribution < -0.4 is 16.0 Å². The third-order valence-electron chi connectivity index (χ3n) is 3.51. The zero-order valence-electron chi connectivity index (χ0n) is 16.4. The highest BCUT2D eigenvalue weighted by Crippen LogP contribution is 2.20. The van der Waals surface area contributed by atoms with Gasteiger partial charge < -0.3 is 20.7 Å². The van der Waals surface area contributed by atoms with E-state index in [0.717, 1.165) is 0 Å². The van der Waals surface area contributed by atoms with Crippen LogP contribution in [0.4, 0.5) is 16.2 Å². The van der Waals surface area contributed by atoms with E-state index < -0.39 is 23.6 Å². The second-order valence-electron chi connectivity index (χ2n) is 7.24. The second kappa shape index (κ2) is 9.03. The number of alkyl carbamates (subject to hydrolysis) is 1. The Labute approximate surface area is 164 Å². The van der Waals surface area contributed by atoms with Gasteiger partial charge in [0.25, 0.3) is 5.91 Å². The molecule has 1 unspecified atom stereocenters. The van der Waals surface area contributed by atoms with Crippen molar-refractivity contribution < 1.29 is 19.1 Å². The van der Waals surface area contributed by atoms with E-state index >= 15 is 0 Å². The predicted octanol–water partition coefficient (Wildman–Crippen LogP) is 3.85. The number of nitrogens with one attached hydrogen (secondary N) is 3. The van der Waals surface area contributed by atoms with Crippen LogP contribution in [0.2, 0.25) is 0 Å². The zero-order valence-corrected chi connectivity index (χ0v) is 16.4. The van der Waals surface area contributed by atoms with E-state index in [1.165, 1.54) is 6.92 Å². The molecule has 0 saturated carbocycles. The molecule has 0 aromatic heterocycles. The summed E-state index contributed by atoms with van der Waals surface area (Å²) in [5, 5.41) is 8.03. The molecule has 2 rings (SSSR count). The van der Waals surface area contributed by atoms with Crippen molar-refractivity contribution in [2.75, 3.05) is 10.6 Å². The van der Waals surface area contributed by atoms with Gasteiger partial charge in [-0.15, -0.1) is 0 Å². The van der Waals surface area contributed by atoms with Crippen LogP contribution in [0, 0.1) is 0 Å². The molecule has 2 aromatic carbocycles. The van der Waals surface area contributed by atoms with Gasteiger partial charge in [-0.25, -0.2) is 4.79 Å². The molecule has 0 saturated heterocycles. The Bertz CT molecular complexity index is 844. The first-order chi connectivity index (χ1) is 13.1. The molecule has 0 fully saturated rings. The van der Waals surface area contributed by atoms with Crippen molar-refractivity contribution in [1.82, 2.24) is 5.32 Å². The van der Waals surface area contributed by atoms with E-state index in [0.29, 0.717) is 16.9 Å². The summed E-state index contributed by atoms with van der Waals surface area (Å²) >= 11 is 0. The predicted molar refractivity (Wildman–Crippen MR) is 108 cm³/mol. The molecule has 0 aliphatic carbocycles. The minimum Gasteiger partial charge on any atom is -0.444 e. The highest BCUT2D eigenvalue weighted by atomic mass is 16.6. The van der Waals surface area contributed by atoms with Crippen molar-refractivity contribution in [3.05, 3.63) is 60.2 Å². The molecule has 0 bridgehead atoms. The Morgan fingerprint density at radius 1 is 0.893 bits per heavy atom. The Morgan fingerprint density at radius 3 is 2.07 bits per heavy atom. The van der Waals surface area contributed by atoms with Gasteiger partial charge in [-0.2, -0.15) is 0 Å². The molecular weight excluding hydrogens is 358 g/mol. The van der Waals surface area contributed by atoms with Crippen molar-refractivity contribution in [1.29, 1.82) is 0 Å². The number of anilines is 2. The number of hydrogen-bond donors (Lipinski definition) is 3. The van der Waals surface area contributed by atoms with Gasteiger partial charge in [0.05, 0.1) is 0 Å². The minimum atomic E-state index is -0.944. The van der Waals surface area contributed by atoms with Crippen molar-refractivity contribution in [3.8, 4) is 0 Å². The van der Waals surface area contributed by atoms with Gasteiger partial charge >= 0.3 is 6.09 Å². The van der Waals surface area contributed by atoms with Crippen molar-refractivity contribution in [2.24, 2.45) is 0 Å². The standard InChI is InChI=1S/C21H25N3O4/c1-14(25)22-16-11-8-12-17(13-16)23-19(26)18(15-9-6-5-7-10-15)24-20(27)28-21(2,3)4/h5-13,18H,1-4H3,(H,22,25)(H,23,26)(H,24,27). The smallest absolute Gasteiger partial charge is 0.408 e. The van der Waals surface area contributed by atoms with Crippen LogP contribution in [0.3, 0.4) is 0 Å². The van der Waals surface area contributed by atoms with E-state index in [9.17, 15) is 14.4 Å². The maximum absolute atomic E-state index is 12.9. The van der Waals surface area contributed by atoms with Crippen LogP contribution in [0.1, 0.15) is 39.3 Å². The summed E-state index contributed by atoms with van der Waals surface area (Å²) in [5.74, 6) is -0.644. The SMILES string of the molecule is CC(=O)Nc1cccc(NC(=O)C(NC(=O)OC(C)(C)C)c2ccccc2)c1. The first kappa shape index (κ1) is 21.0. The molecule has 0 spiro atoms. The Balaban J connectivity index is 2.20. The minimum absolute atomic E-state index is 0.211.